The Labute approximate surface area is 166 Å². The van der Waals surface area contributed by atoms with Crippen LogP contribution in [0.25, 0.3) is 0 Å². The average Bonchev–Trinajstić information content (AvgIpc) is 3.17. The van der Waals surface area contributed by atoms with Gasteiger partial charge in [0.15, 0.2) is 0 Å². The van der Waals surface area contributed by atoms with Crippen LogP contribution < -0.4 is 0 Å². The first-order valence-electron chi connectivity index (χ1n) is 11.7. The quantitative estimate of drug-likeness (QED) is 0.665. The average molecular weight is 373 g/mol. The molecule has 5 fully saturated rings. The Morgan fingerprint density at radius 3 is 2.56 bits per heavy atom. The summed E-state index contributed by atoms with van der Waals surface area (Å²) in [6.45, 7) is 11.3. The van der Waals surface area contributed by atoms with Crippen LogP contribution in [0.2, 0.25) is 0 Å². The Morgan fingerprint density at radius 1 is 1.11 bits per heavy atom. The fourth-order valence-corrected chi connectivity index (χ4v) is 9.94. The highest BCUT2D eigenvalue weighted by atomic mass is 16.5. The van der Waals surface area contributed by atoms with Crippen molar-refractivity contribution in [3.05, 3.63) is 12.7 Å². The molecule has 2 heteroatoms. The molecule has 2 nitrogen and oxygen atoms in total. The van der Waals surface area contributed by atoms with Gasteiger partial charge in [0.2, 0.25) is 0 Å². The van der Waals surface area contributed by atoms with Crippen LogP contribution in [-0.4, -0.2) is 24.4 Å². The van der Waals surface area contributed by atoms with Gasteiger partial charge >= 0.3 is 0 Å². The number of aliphatic hydroxyl groups excluding tert-OH is 1. The van der Waals surface area contributed by atoms with Crippen LogP contribution in [-0.2, 0) is 4.74 Å². The van der Waals surface area contributed by atoms with Crippen molar-refractivity contribution in [2.75, 3.05) is 7.11 Å². The van der Waals surface area contributed by atoms with Crippen molar-refractivity contribution in [3.8, 4) is 0 Å². The van der Waals surface area contributed by atoms with Gasteiger partial charge in [0.25, 0.3) is 0 Å². The van der Waals surface area contributed by atoms with Crippen LogP contribution >= 0.6 is 0 Å². The third-order valence-corrected chi connectivity index (χ3v) is 11.3. The molecule has 0 aromatic carbocycles. The molecule has 5 saturated carbocycles. The minimum atomic E-state index is -0.357. The summed E-state index contributed by atoms with van der Waals surface area (Å²) in [4.78, 5) is 0. The van der Waals surface area contributed by atoms with Gasteiger partial charge in [0, 0.05) is 12.5 Å². The van der Waals surface area contributed by atoms with E-state index in [1.165, 1.54) is 51.4 Å². The first-order chi connectivity index (χ1) is 12.8. The maximum atomic E-state index is 10.5. The van der Waals surface area contributed by atoms with Crippen molar-refractivity contribution in [3.63, 3.8) is 0 Å². The van der Waals surface area contributed by atoms with Gasteiger partial charge in [-0.25, -0.2) is 0 Å². The van der Waals surface area contributed by atoms with E-state index in [1.54, 1.807) is 6.08 Å². The first-order valence-corrected chi connectivity index (χ1v) is 11.7. The molecular formula is C25H40O2. The predicted octanol–water partition coefficient (Wildman–Crippen LogP) is 5.45. The Morgan fingerprint density at radius 2 is 1.89 bits per heavy atom. The molecule has 11 atom stereocenters. The number of fused-ring (bicyclic) bond motifs is 4. The molecule has 11 unspecified atom stereocenters. The Balaban J connectivity index is 1.46. The summed E-state index contributed by atoms with van der Waals surface area (Å²) in [6.07, 6.45) is 13.0. The number of methoxy groups -OCH3 is 1. The summed E-state index contributed by atoms with van der Waals surface area (Å²) >= 11 is 0. The van der Waals surface area contributed by atoms with Crippen molar-refractivity contribution in [1.29, 1.82) is 0 Å². The molecule has 0 aliphatic heterocycles. The Hall–Kier alpha value is -0.340. The second kappa shape index (κ2) is 5.85. The fraction of sp³-hybridized carbons (Fsp3) is 0.920. The van der Waals surface area contributed by atoms with Gasteiger partial charge < -0.3 is 9.84 Å². The summed E-state index contributed by atoms with van der Waals surface area (Å²) in [5.74, 6) is 4.50. The van der Waals surface area contributed by atoms with Gasteiger partial charge in [-0.2, -0.15) is 0 Å². The van der Waals surface area contributed by atoms with Gasteiger partial charge in [-0.3, -0.25) is 0 Å². The third-order valence-electron chi connectivity index (χ3n) is 11.3. The van der Waals surface area contributed by atoms with Crippen LogP contribution in [0.1, 0.15) is 72.1 Å². The molecule has 152 valence electrons. The van der Waals surface area contributed by atoms with E-state index >= 15 is 0 Å². The largest absolute Gasteiger partial charge is 0.389 e. The topological polar surface area (TPSA) is 29.5 Å². The van der Waals surface area contributed by atoms with Crippen LogP contribution in [0.15, 0.2) is 12.7 Å². The first kappa shape index (κ1) is 18.7. The van der Waals surface area contributed by atoms with E-state index in [2.05, 4.69) is 27.4 Å². The molecule has 1 N–H and O–H groups in total. The molecule has 0 aromatic rings. The Bertz CT molecular complexity index is 630. The lowest BCUT2D eigenvalue weighted by Gasteiger charge is -2.61. The highest BCUT2D eigenvalue weighted by molar-refractivity contribution is 5.26. The molecule has 0 saturated heterocycles. The van der Waals surface area contributed by atoms with E-state index in [0.29, 0.717) is 34.2 Å². The van der Waals surface area contributed by atoms with Gasteiger partial charge in [-0.15, -0.1) is 6.58 Å². The molecule has 5 aliphatic carbocycles. The number of hydrogen-bond acceptors (Lipinski definition) is 2. The molecule has 0 amide bonds. The number of hydrogen-bond donors (Lipinski definition) is 1. The molecule has 0 aromatic heterocycles. The number of aliphatic hydroxyl groups is 1. The maximum Gasteiger partial charge on any atom is 0.0746 e. The summed E-state index contributed by atoms with van der Waals surface area (Å²) in [5.41, 5.74) is 1.44. The molecule has 0 heterocycles. The van der Waals surface area contributed by atoms with Gasteiger partial charge in [-0.1, -0.05) is 26.8 Å². The van der Waals surface area contributed by atoms with E-state index in [4.69, 9.17) is 4.74 Å². The summed E-state index contributed by atoms with van der Waals surface area (Å²) in [6, 6.07) is 0. The van der Waals surface area contributed by atoms with Gasteiger partial charge in [0.1, 0.15) is 0 Å². The molecule has 5 aliphatic rings. The molecule has 1 spiro atoms. The summed E-state index contributed by atoms with van der Waals surface area (Å²) in [5, 5.41) is 10.5. The van der Waals surface area contributed by atoms with E-state index in [0.717, 1.165) is 23.7 Å². The van der Waals surface area contributed by atoms with E-state index < -0.39 is 0 Å². The van der Waals surface area contributed by atoms with Crippen LogP contribution in [0.4, 0.5) is 0 Å². The van der Waals surface area contributed by atoms with E-state index in [1.807, 2.05) is 7.11 Å². The number of ether oxygens (including phenoxy) is 1. The number of rotatable bonds is 4. The van der Waals surface area contributed by atoms with Crippen molar-refractivity contribution < 1.29 is 9.84 Å². The molecule has 0 bridgehead atoms. The SMILES string of the molecule is C=CC(O)C(C)C1CCC2C3CC(OC)C45CC4CCC5(C)C3CCC12C. The monoisotopic (exact) mass is 372 g/mol. The van der Waals surface area contributed by atoms with Crippen LogP contribution in [0.3, 0.4) is 0 Å². The molecule has 5 rings (SSSR count). The zero-order chi connectivity index (χ0) is 19.2. The zero-order valence-corrected chi connectivity index (χ0v) is 17.9. The standard InChI is InChI=1S/C25H40O2/c1-6-21(26)15(2)18-7-8-19-17-13-22(27-5)25-14-16(25)9-12-24(25,4)20(17)10-11-23(18,19)3/h6,15-22,26H,1,7-14H2,2-5H3. The smallest absolute Gasteiger partial charge is 0.0746 e. The zero-order valence-electron chi connectivity index (χ0n) is 17.9. The highest BCUT2D eigenvalue weighted by Crippen LogP contribution is 2.82. The van der Waals surface area contributed by atoms with Crippen molar-refractivity contribution in [2.45, 2.75) is 84.3 Å². The lowest BCUT2D eigenvalue weighted by atomic mass is 9.45. The maximum absolute atomic E-state index is 10.5. The molecular weight excluding hydrogens is 332 g/mol. The lowest BCUT2D eigenvalue weighted by molar-refractivity contribution is -0.162. The highest BCUT2D eigenvalue weighted by Gasteiger charge is 2.77. The second-order valence-electron chi connectivity index (χ2n) is 11.5. The van der Waals surface area contributed by atoms with Gasteiger partial charge in [0.05, 0.1) is 12.2 Å². The van der Waals surface area contributed by atoms with Gasteiger partial charge in [-0.05, 0) is 97.7 Å². The summed E-state index contributed by atoms with van der Waals surface area (Å²) in [7, 11) is 1.98. The van der Waals surface area contributed by atoms with Crippen molar-refractivity contribution >= 4 is 0 Å². The second-order valence-corrected chi connectivity index (χ2v) is 11.5. The molecule has 0 radical (unpaired) electrons. The molecule has 27 heavy (non-hydrogen) atoms. The minimum Gasteiger partial charge on any atom is -0.389 e. The van der Waals surface area contributed by atoms with E-state index in [9.17, 15) is 5.11 Å². The lowest BCUT2D eigenvalue weighted by Crippen LogP contribution is -2.57. The van der Waals surface area contributed by atoms with E-state index in [-0.39, 0.29) is 6.10 Å². The summed E-state index contributed by atoms with van der Waals surface area (Å²) < 4.78 is 6.22. The normalized spacial score (nSPS) is 57.8. The minimum absolute atomic E-state index is 0.331. The fourth-order valence-electron chi connectivity index (χ4n) is 9.94. The van der Waals surface area contributed by atoms with Crippen molar-refractivity contribution in [2.24, 2.45) is 51.8 Å². The van der Waals surface area contributed by atoms with Crippen LogP contribution in [0, 0.1) is 51.8 Å². The van der Waals surface area contributed by atoms with Crippen molar-refractivity contribution in [1.82, 2.24) is 0 Å². The third kappa shape index (κ3) is 2.10. The Kier molecular flexibility index (Phi) is 4.04. The van der Waals surface area contributed by atoms with Crippen LogP contribution in [0.5, 0.6) is 0 Å². The predicted molar refractivity (Wildman–Crippen MR) is 109 cm³/mol.